The predicted octanol–water partition coefficient (Wildman–Crippen LogP) is 3.55. The molecule has 1 fully saturated rings. The minimum Gasteiger partial charge on any atom is -0.487 e. The van der Waals surface area contributed by atoms with Crippen molar-refractivity contribution < 1.29 is 9.66 Å². The topological polar surface area (TPSA) is 52.4 Å². The van der Waals surface area contributed by atoms with Crippen molar-refractivity contribution >= 4 is 5.69 Å². The van der Waals surface area contributed by atoms with E-state index in [0.29, 0.717) is 12.4 Å². The van der Waals surface area contributed by atoms with Crippen molar-refractivity contribution in [3.8, 4) is 5.75 Å². The average molecular weight is 235 g/mol. The summed E-state index contributed by atoms with van der Waals surface area (Å²) in [6.45, 7) is 0.567. The number of hydrogen-bond acceptors (Lipinski definition) is 3. The van der Waals surface area contributed by atoms with Crippen LogP contribution in [0.15, 0.2) is 24.3 Å². The highest BCUT2D eigenvalue weighted by molar-refractivity contribution is 5.45. The van der Waals surface area contributed by atoms with E-state index >= 15 is 0 Å². The van der Waals surface area contributed by atoms with Crippen LogP contribution in [0.25, 0.3) is 0 Å². The van der Waals surface area contributed by atoms with Gasteiger partial charge in [-0.05, 0) is 24.8 Å². The van der Waals surface area contributed by atoms with Gasteiger partial charge < -0.3 is 4.74 Å². The number of nitro groups is 1. The van der Waals surface area contributed by atoms with Crippen LogP contribution in [-0.4, -0.2) is 11.5 Å². The molecule has 0 unspecified atom stereocenters. The van der Waals surface area contributed by atoms with Gasteiger partial charge in [0.15, 0.2) is 5.75 Å². The monoisotopic (exact) mass is 235 g/mol. The fourth-order valence-electron chi connectivity index (χ4n) is 1.85. The summed E-state index contributed by atoms with van der Waals surface area (Å²) in [6.07, 6.45) is 6.17. The van der Waals surface area contributed by atoms with E-state index in [1.54, 1.807) is 18.2 Å². The summed E-state index contributed by atoms with van der Waals surface area (Å²) in [5, 5.41) is 10.7. The molecule has 92 valence electrons. The molecule has 4 heteroatoms. The highest BCUT2D eigenvalue weighted by Gasteiger charge is 2.20. The van der Waals surface area contributed by atoms with Crippen LogP contribution < -0.4 is 4.74 Å². The molecule has 0 atom stereocenters. The second-order valence-electron chi connectivity index (χ2n) is 4.51. The molecule has 0 saturated heterocycles. The number of unbranched alkanes of at least 4 members (excludes halogenated alkanes) is 1. The summed E-state index contributed by atoms with van der Waals surface area (Å²) in [4.78, 5) is 10.3. The zero-order chi connectivity index (χ0) is 12.1. The third-order valence-corrected chi connectivity index (χ3v) is 3.02. The molecule has 0 amide bonds. The summed E-state index contributed by atoms with van der Waals surface area (Å²) in [5.41, 5.74) is 0.0506. The van der Waals surface area contributed by atoms with Gasteiger partial charge in [0.2, 0.25) is 0 Å². The Morgan fingerprint density at radius 2 is 2.06 bits per heavy atom. The maximum Gasteiger partial charge on any atom is 0.310 e. The van der Waals surface area contributed by atoms with Crippen LogP contribution in [0.5, 0.6) is 5.75 Å². The summed E-state index contributed by atoms with van der Waals surface area (Å²) in [7, 11) is 0. The highest BCUT2D eigenvalue weighted by Crippen LogP contribution is 2.34. The lowest BCUT2D eigenvalue weighted by Crippen LogP contribution is -2.00. The van der Waals surface area contributed by atoms with E-state index in [-0.39, 0.29) is 5.69 Å². The van der Waals surface area contributed by atoms with Gasteiger partial charge in [-0.25, -0.2) is 0 Å². The van der Waals surface area contributed by atoms with Gasteiger partial charge in [0.1, 0.15) is 0 Å². The van der Waals surface area contributed by atoms with Crippen LogP contribution in [0.4, 0.5) is 5.69 Å². The lowest BCUT2D eigenvalue weighted by atomic mass is 10.2. The van der Waals surface area contributed by atoms with Crippen LogP contribution in [-0.2, 0) is 0 Å². The lowest BCUT2D eigenvalue weighted by molar-refractivity contribution is -0.385. The third-order valence-electron chi connectivity index (χ3n) is 3.02. The second kappa shape index (κ2) is 5.66. The molecular formula is C13H17NO3. The first-order valence-electron chi connectivity index (χ1n) is 6.13. The zero-order valence-corrected chi connectivity index (χ0v) is 9.80. The Balaban J connectivity index is 1.75. The number of para-hydroxylation sites is 2. The van der Waals surface area contributed by atoms with Crippen LogP contribution in [0, 0.1) is 16.0 Å². The van der Waals surface area contributed by atoms with E-state index in [0.717, 1.165) is 18.8 Å². The van der Waals surface area contributed by atoms with E-state index in [1.165, 1.54) is 25.3 Å². The average Bonchev–Trinajstić information content (AvgIpc) is 3.13. The quantitative estimate of drug-likeness (QED) is 0.412. The summed E-state index contributed by atoms with van der Waals surface area (Å²) in [5.74, 6) is 1.32. The van der Waals surface area contributed by atoms with Crippen molar-refractivity contribution in [3.05, 3.63) is 34.4 Å². The van der Waals surface area contributed by atoms with Crippen molar-refractivity contribution in [3.63, 3.8) is 0 Å². The molecule has 0 heterocycles. The fourth-order valence-corrected chi connectivity index (χ4v) is 1.85. The molecule has 0 aliphatic heterocycles. The number of nitro benzene ring substituents is 1. The van der Waals surface area contributed by atoms with Crippen molar-refractivity contribution in [1.29, 1.82) is 0 Å². The van der Waals surface area contributed by atoms with Crippen molar-refractivity contribution in [2.75, 3.05) is 6.61 Å². The number of ether oxygens (including phenoxy) is 1. The van der Waals surface area contributed by atoms with Crippen molar-refractivity contribution in [2.45, 2.75) is 32.1 Å². The van der Waals surface area contributed by atoms with Gasteiger partial charge in [-0.3, -0.25) is 10.1 Å². The number of benzene rings is 1. The highest BCUT2D eigenvalue weighted by atomic mass is 16.6. The Hall–Kier alpha value is -1.58. The van der Waals surface area contributed by atoms with Crippen LogP contribution in [0.3, 0.4) is 0 Å². The van der Waals surface area contributed by atoms with Gasteiger partial charge in [-0.2, -0.15) is 0 Å². The molecule has 1 aromatic rings. The molecule has 17 heavy (non-hydrogen) atoms. The smallest absolute Gasteiger partial charge is 0.310 e. The van der Waals surface area contributed by atoms with Crippen LogP contribution >= 0.6 is 0 Å². The standard InChI is InChI=1S/C13H17NO3/c15-14(16)12-6-1-2-7-13(12)17-10-4-3-5-11-8-9-11/h1-2,6-7,11H,3-5,8-10H2. The molecular weight excluding hydrogens is 218 g/mol. The fraction of sp³-hybridized carbons (Fsp3) is 0.538. The predicted molar refractivity (Wildman–Crippen MR) is 65.2 cm³/mol. The molecule has 0 radical (unpaired) electrons. The summed E-state index contributed by atoms with van der Waals surface area (Å²) >= 11 is 0. The Morgan fingerprint density at radius 3 is 2.76 bits per heavy atom. The lowest BCUT2D eigenvalue weighted by Gasteiger charge is -2.06. The molecule has 1 aliphatic carbocycles. The Kier molecular flexibility index (Phi) is 3.96. The molecule has 0 spiro atoms. The maximum atomic E-state index is 10.7. The first-order valence-corrected chi connectivity index (χ1v) is 6.13. The molecule has 2 rings (SSSR count). The molecule has 1 aromatic carbocycles. The molecule has 0 aromatic heterocycles. The molecule has 1 aliphatic rings. The van der Waals surface area contributed by atoms with Crippen molar-refractivity contribution in [2.24, 2.45) is 5.92 Å². The largest absolute Gasteiger partial charge is 0.487 e. The van der Waals surface area contributed by atoms with Crippen LogP contribution in [0.2, 0.25) is 0 Å². The Labute approximate surface area is 101 Å². The van der Waals surface area contributed by atoms with Crippen LogP contribution in [0.1, 0.15) is 32.1 Å². The normalized spacial score (nSPS) is 14.6. The van der Waals surface area contributed by atoms with E-state index in [9.17, 15) is 10.1 Å². The first-order chi connectivity index (χ1) is 8.27. The first kappa shape index (κ1) is 11.9. The van der Waals surface area contributed by atoms with Gasteiger partial charge >= 0.3 is 5.69 Å². The second-order valence-corrected chi connectivity index (χ2v) is 4.51. The molecule has 0 bridgehead atoms. The molecule has 4 nitrogen and oxygen atoms in total. The zero-order valence-electron chi connectivity index (χ0n) is 9.80. The summed E-state index contributed by atoms with van der Waals surface area (Å²) in [6, 6.07) is 6.53. The van der Waals surface area contributed by atoms with Crippen molar-refractivity contribution in [1.82, 2.24) is 0 Å². The minimum atomic E-state index is -0.403. The third kappa shape index (κ3) is 3.73. The van der Waals surface area contributed by atoms with E-state index in [4.69, 9.17) is 4.74 Å². The van der Waals surface area contributed by atoms with E-state index < -0.39 is 4.92 Å². The summed E-state index contributed by atoms with van der Waals surface area (Å²) < 4.78 is 5.46. The maximum absolute atomic E-state index is 10.7. The minimum absolute atomic E-state index is 0.0506. The van der Waals surface area contributed by atoms with Gasteiger partial charge in [0.05, 0.1) is 11.5 Å². The number of hydrogen-bond donors (Lipinski definition) is 0. The molecule has 1 saturated carbocycles. The van der Waals surface area contributed by atoms with Gasteiger partial charge in [-0.1, -0.05) is 31.4 Å². The van der Waals surface area contributed by atoms with Gasteiger partial charge in [0, 0.05) is 6.07 Å². The molecule has 0 N–H and O–H groups in total. The number of nitrogens with zero attached hydrogens (tertiary/aromatic N) is 1. The van der Waals surface area contributed by atoms with Gasteiger partial charge in [0.25, 0.3) is 0 Å². The SMILES string of the molecule is O=[N+]([O-])c1ccccc1OCCCCC1CC1. The van der Waals surface area contributed by atoms with Gasteiger partial charge in [-0.15, -0.1) is 0 Å². The number of rotatable bonds is 7. The van der Waals surface area contributed by atoms with E-state index in [1.807, 2.05) is 0 Å². The Bertz CT molecular complexity index is 388. The Morgan fingerprint density at radius 1 is 1.29 bits per heavy atom. The van der Waals surface area contributed by atoms with E-state index in [2.05, 4.69) is 0 Å².